The molecule has 1 aromatic carbocycles. The number of likely N-dealkylation sites (tertiary alicyclic amines) is 1. The molecule has 0 spiro atoms. The summed E-state index contributed by atoms with van der Waals surface area (Å²) in [7, 11) is 0. The van der Waals surface area contributed by atoms with Gasteiger partial charge in [0.1, 0.15) is 5.69 Å². The zero-order valence-corrected chi connectivity index (χ0v) is 14.2. The van der Waals surface area contributed by atoms with Gasteiger partial charge >= 0.3 is 0 Å². The molecule has 1 fully saturated rings. The predicted molar refractivity (Wildman–Crippen MR) is 96.8 cm³/mol. The summed E-state index contributed by atoms with van der Waals surface area (Å²) in [6.07, 6.45) is 3.74. The molecule has 1 aliphatic rings. The molecule has 0 unspecified atom stereocenters. The quantitative estimate of drug-likeness (QED) is 0.758. The van der Waals surface area contributed by atoms with Gasteiger partial charge in [-0.05, 0) is 24.5 Å². The lowest BCUT2D eigenvalue weighted by Crippen LogP contribution is -2.40. The maximum absolute atomic E-state index is 12.7. The second kappa shape index (κ2) is 6.95. The van der Waals surface area contributed by atoms with Gasteiger partial charge in [-0.25, -0.2) is 5.10 Å². The molecule has 7 nitrogen and oxygen atoms in total. The summed E-state index contributed by atoms with van der Waals surface area (Å²) < 4.78 is 0. The number of hydrogen-bond acceptors (Lipinski definition) is 4. The number of rotatable bonds is 3. The van der Waals surface area contributed by atoms with Crippen LogP contribution in [0.5, 0.6) is 0 Å². The van der Waals surface area contributed by atoms with Crippen LogP contribution in [0.15, 0.2) is 53.5 Å². The number of carbonyl (C=O) groups excluding carboxylic acids is 1. The van der Waals surface area contributed by atoms with Crippen molar-refractivity contribution < 1.29 is 4.79 Å². The minimum absolute atomic E-state index is 0.160. The normalized spacial score (nSPS) is 17.2. The number of hydrogen-bond donors (Lipinski definition) is 2. The molecule has 7 heteroatoms. The van der Waals surface area contributed by atoms with Crippen LogP contribution in [0, 0.1) is 0 Å². The topological polar surface area (TPSA) is 94.7 Å². The highest BCUT2D eigenvalue weighted by Crippen LogP contribution is 2.33. The highest BCUT2D eigenvalue weighted by Gasteiger charge is 2.28. The van der Waals surface area contributed by atoms with Crippen LogP contribution in [0.4, 0.5) is 0 Å². The van der Waals surface area contributed by atoms with Gasteiger partial charge in [-0.1, -0.05) is 30.3 Å². The van der Waals surface area contributed by atoms with E-state index in [1.165, 1.54) is 12.1 Å². The first-order valence-corrected chi connectivity index (χ1v) is 8.66. The number of nitrogens with one attached hydrogen (secondary N) is 2. The van der Waals surface area contributed by atoms with Gasteiger partial charge in [0.15, 0.2) is 0 Å². The third kappa shape index (κ3) is 3.15. The van der Waals surface area contributed by atoms with Crippen molar-refractivity contribution in [3.8, 4) is 11.1 Å². The van der Waals surface area contributed by atoms with Crippen LogP contribution in [-0.2, 0) is 0 Å². The van der Waals surface area contributed by atoms with E-state index < -0.39 is 0 Å². The van der Waals surface area contributed by atoms with Crippen molar-refractivity contribution in [3.63, 3.8) is 0 Å². The van der Waals surface area contributed by atoms with Crippen LogP contribution < -0.4 is 5.56 Å². The fourth-order valence-electron chi connectivity index (χ4n) is 3.48. The molecule has 3 heterocycles. The van der Waals surface area contributed by atoms with Crippen molar-refractivity contribution in [1.29, 1.82) is 0 Å². The summed E-state index contributed by atoms with van der Waals surface area (Å²) in [5.74, 6) is 0.0277. The monoisotopic (exact) mass is 349 g/mol. The maximum Gasteiger partial charge on any atom is 0.274 e. The molecule has 4 rings (SSSR count). The summed E-state index contributed by atoms with van der Waals surface area (Å²) in [6.45, 7) is 1.28. The Kier molecular flexibility index (Phi) is 4.35. The van der Waals surface area contributed by atoms with Gasteiger partial charge in [-0.2, -0.15) is 10.2 Å². The molecule has 2 N–H and O–H groups in total. The predicted octanol–water partition coefficient (Wildman–Crippen LogP) is 2.18. The van der Waals surface area contributed by atoms with Crippen molar-refractivity contribution in [2.75, 3.05) is 13.1 Å². The minimum Gasteiger partial charge on any atom is -0.337 e. The Hall–Kier alpha value is -3.22. The van der Waals surface area contributed by atoms with Gasteiger partial charge in [-0.3, -0.25) is 14.7 Å². The zero-order chi connectivity index (χ0) is 17.9. The Balaban J connectivity index is 1.56. The van der Waals surface area contributed by atoms with Crippen LogP contribution in [0.3, 0.4) is 0 Å². The molecular formula is C19H19N5O2. The van der Waals surface area contributed by atoms with E-state index in [1.54, 1.807) is 4.90 Å². The van der Waals surface area contributed by atoms with Crippen molar-refractivity contribution in [3.05, 3.63) is 70.4 Å². The molecule has 1 aliphatic heterocycles. The SMILES string of the molecule is O=C(c1ccc(=O)[nH]n1)N1CCC[C@H](c2[nH]ncc2-c2ccccc2)C1. The molecule has 26 heavy (non-hydrogen) atoms. The van der Waals surface area contributed by atoms with Gasteiger partial charge in [0.05, 0.1) is 6.20 Å². The molecule has 0 saturated carbocycles. The number of H-pyrrole nitrogens is 2. The largest absolute Gasteiger partial charge is 0.337 e. The molecule has 1 atom stereocenters. The Morgan fingerprint density at radius 3 is 2.73 bits per heavy atom. The third-order valence-corrected chi connectivity index (χ3v) is 4.77. The second-order valence-electron chi connectivity index (χ2n) is 6.46. The van der Waals surface area contributed by atoms with E-state index in [0.29, 0.717) is 13.1 Å². The molecule has 0 aliphatic carbocycles. The number of nitrogens with zero attached hydrogens (tertiary/aromatic N) is 3. The van der Waals surface area contributed by atoms with E-state index in [9.17, 15) is 9.59 Å². The van der Waals surface area contributed by atoms with Gasteiger partial charge in [0, 0.05) is 36.3 Å². The zero-order valence-electron chi connectivity index (χ0n) is 14.2. The number of carbonyl (C=O) groups is 1. The summed E-state index contributed by atoms with van der Waals surface area (Å²) in [5, 5.41) is 13.5. The van der Waals surface area contributed by atoms with Gasteiger partial charge in [0.25, 0.3) is 11.5 Å². The van der Waals surface area contributed by atoms with E-state index >= 15 is 0 Å². The molecular weight excluding hydrogens is 330 g/mol. The molecule has 0 radical (unpaired) electrons. The third-order valence-electron chi connectivity index (χ3n) is 4.77. The van der Waals surface area contributed by atoms with E-state index in [4.69, 9.17) is 0 Å². The highest BCUT2D eigenvalue weighted by molar-refractivity contribution is 5.92. The first-order valence-electron chi connectivity index (χ1n) is 8.66. The Morgan fingerprint density at radius 2 is 1.96 bits per heavy atom. The average molecular weight is 349 g/mol. The summed E-state index contributed by atoms with van der Waals surface area (Å²) in [6, 6.07) is 12.9. The molecule has 132 valence electrons. The second-order valence-corrected chi connectivity index (χ2v) is 6.46. The van der Waals surface area contributed by atoms with Crippen LogP contribution in [0.2, 0.25) is 0 Å². The van der Waals surface area contributed by atoms with E-state index in [1.807, 2.05) is 24.4 Å². The molecule has 3 aromatic rings. The maximum atomic E-state index is 12.7. The number of piperidine rings is 1. The van der Waals surface area contributed by atoms with Gasteiger partial charge in [-0.15, -0.1) is 0 Å². The Bertz CT molecular complexity index is 943. The summed E-state index contributed by atoms with van der Waals surface area (Å²) in [5.41, 5.74) is 3.19. The lowest BCUT2D eigenvalue weighted by atomic mass is 9.90. The summed E-state index contributed by atoms with van der Waals surface area (Å²) >= 11 is 0. The van der Waals surface area contributed by atoms with Crippen molar-refractivity contribution in [2.45, 2.75) is 18.8 Å². The van der Waals surface area contributed by atoms with Crippen LogP contribution >= 0.6 is 0 Å². The fourth-order valence-corrected chi connectivity index (χ4v) is 3.48. The molecule has 2 aromatic heterocycles. The standard InChI is InChI=1S/C19H19N5O2/c25-17-9-8-16(21-22-17)19(26)24-10-4-7-14(12-24)18-15(11-20-23-18)13-5-2-1-3-6-13/h1-3,5-6,8-9,11,14H,4,7,10,12H2,(H,20,23)(H,22,25)/t14-/m0/s1. The van der Waals surface area contributed by atoms with Crippen LogP contribution in [0.1, 0.15) is 34.9 Å². The molecule has 1 amide bonds. The first kappa shape index (κ1) is 16.3. The average Bonchev–Trinajstić information content (AvgIpc) is 3.19. The highest BCUT2D eigenvalue weighted by atomic mass is 16.2. The van der Waals surface area contributed by atoms with Crippen LogP contribution in [-0.4, -0.2) is 44.3 Å². The first-order chi connectivity index (χ1) is 12.7. The van der Waals surface area contributed by atoms with Gasteiger partial charge < -0.3 is 4.90 Å². The Labute approximate surface area is 150 Å². The summed E-state index contributed by atoms with van der Waals surface area (Å²) in [4.78, 5) is 25.6. The Morgan fingerprint density at radius 1 is 1.12 bits per heavy atom. The number of aromatic nitrogens is 4. The van der Waals surface area contributed by atoms with E-state index in [0.717, 1.165) is 29.7 Å². The molecule has 1 saturated heterocycles. The number of aromatic amines is 2. The van der Waals surface area contributed by atoms with Gasteiger partial charge in [0.2, 0.25) is 0 Å². The van der Waals surface area contributed by atoms with E-state index in [2.05, 4.69) is 32.5 Å². The fraction of sp³-hybridized carbons (Fsp3) is 0.263. The van der Waals surface area contributed by atoms with Crippen LogP contribution in [0.25, 0.3) is 11.1 Å². The minimum atomic E-state index is -0.317. The van der Waals surface area contributed by atoms with Crippen molar-refractivity contribution >= 4 is 5.91 Å². The number of benzene rings is 1. The van der Waals surface area contributed by atoms with Crippen molar-refractivity contribution in [2.24, 2.45) is 0 Å². The lowest BCUT2D eigenvalue weighted by molar-refractivity contribution is 0.0698. The van der Waals surface area contributed by atoms with Crippen molar-refractivity contribution in [1.82, 2.24) is 25.3 Å². The molecule has 0 bridgehead atoms. The number of amides is 1. The lowest BCUT2D eigenvalue weighted by Gasteiger charge is -2.32. The van der Waals surface area contributed by atoms with E-state index in [-0.39, 0.29) is 23.1 Å². The smallest absolute Gasteiger partial charge is 0.274 e.